The van der Waals surface area contributed by atoms with Gasteiger partial charge in [-0.15, -0.1) is 22.7 Å². The summed E-state index contributed by atoms with van der Waals surface area (Å²) in [5, 5.41) is 5.23. The van der Waals surface area contributed by atoms with E-state index < -0.39 is 5.97 Å². The first-order valence-electron chi connectivity index (χ1n) is 6.75. The summed E-state index contributed by atoms with van der Waals surface area (Å²) in [5.74, 6) is -0.732. The van der Waals surface area contributed by atoms with Gasteiger partial charge in [0.1, 0.15) is 0 Å². The molecule has 118 valence electrons. The van der Waals surface area contributed by atoms with Crippen molar-refractivity contribution >= 4 is 39.7 Å². The second-order valence-corrected chi connectivity index (χ2v) is 6.63. The summed E-state index contributed by atoms with van der Waals surface area (Å²) >= 11 is 3.11. The molecule has 0 bridgehead atoms. The van der Waals surface area contributed by atoms with Crippen molar-refractivity contribution < 1.29 is 14.3 Å². The molecule has 0 radical (unpaired) electrons. The Hall–Kier alpha value is -1.93. The fraction of sp³-hybridized carbons (Fsp3) is 0.357. The molecule has 6 nitrogen and oxygen atoms in total. The van der Waals surface area contributed by atoms with Gasteiger partial charge in [-0.05, 0) is 25.0 Å². The van der Waals surface area contributed by atoms with Gasteiger partial charge in [-0.3, -0.25) is 9.59 Å². The van der Waals surface area contributed by atoms with E-state index in [2.05, 4.69) is 21.1 Å². The minimum atomic E-state index is -0.455. The van der Waals surface area contributed by atoms with Crippen LogP contribution in [0.1, 0.15) is 18.2 Å². The third-order valence-electron chi connectivity index (χ3n) is 2.76. The molecule has 0 aromatic carbocycles. The molecule has 0 unspecified atom stereocenters. The lowest BCUT2D eigenvalue weighted by molar-refractivity contribution is -0.146. The van der Waals surface area contributed by atoms with Gasteiger partial charge in [0.25, 0.3) is 5.91 Å². The number of nitrogen functional groups attached to an aromatic ring is 1. The average Bonchev–Trinajstić information content (AvgIpc) is 3.10. The minimum absolute atomic E-state index is 0.219. The van der Waals surface area contributed by atoms with E-state index in [0.29, 0.717) is 11.7 Å². The van der Waals surface area contributed by atoms with E-state index in [1.165, 1.54) is 23.1 Å². The number of aryl methyl sites for hydroxylation is 1. The Balaban J connectivity index is 1.71. The van der Waals surface area contributed by atoms with Crippen LogP contribution in [0.25, 0.3) is 10.6 Å². The summed E-state index contributed by atoms with van der Waals surface area (Å²) in [4.78, 5) is 28.5. The number of thiazole rings is 1. The van der Waals surface area contributed by atoms with E-state index in [1.807, 2.05) is 11.4 Å². The van der Waals surface area contributed by atoms with E-state index >= 15 is 0 Å². The van der Waals surface area contributed by atoms with Crippen molar-refractivity contribution in [2.45, 2.75) is 19.8 Å². The van der Waals surface area contributed by atoms with E-state index in [4.69, 9.17) is 5.73 Å². The molecule has 8 heteroatoms. The van der Waals surface area contributed by atoms with Crippen molar-refractivity contribution in [3.05, 3.63) is 22.4 Å². The zero-order chi connectivity index (χ0) is 15.9. The van der Waals surface area contributed by atoms with Crippen LogP contribution in [-0.4, -0.2) is 30.0 Å². The molecule has 1 amide bonds. The van der Waals surface area contributed by atoms with Crippen LogP contribution >= 0.6 is 22.7 Å². The van der Waals surface area contributed by atoms with E-state index in [1.54, 1.807) is 11.3 Å². The number of esters is 1. The second-order valence-electron chi connectivity index (χ2n) is 4.57. The van der Waals surface area contributed by atoms with Gasteiger partial charge >= 0.3 is 5.97 Å². The van der Waals surface area contributed by atoms with Crippen LogP contribution in [0.3, 0.4) is 0 Å². The number of thiophene rings is 1. The number of nitrogens with zero attached hydrogens (tertiary/aromatic N) is 1. The number of carbonyl (C=O) groups excluding carboxylic acids is 2. The summed E-state index contributed by atoms with van der Waals surface area (Å²) < 4.78 is 4.61. The summed E-state index contributed by atoms with van der Waals surface area (Å²) in [5.41, 5.74) is 6.54. The third-order valence-corrected chi connectivity index (χ3v) is 4.61. The highest BCUT2D eigenvalue weighted by Gasteiger charge is 2.07. The fourth-order valence-corrected chi connectivity index (χ4v) is 3.41. The Bertz CT molecular complexity index is 651. The van der Waals surface area contributed by atoms with E-state index in [0.717, 1.165) is 23.4 Å². The number of nitrogens with one attached hydrogen (secondary N) is 1. The largest absolute Gasteiger partial charge is 0.456 e. The van der Waals surface area contributed by atoms with Crippen molar-refractivity contribution in [2.75, 3.05) is 18.9 Å². The number of carbonyl (C=O) groups is 2. The summed E-state index contributed by atoms with van der Waals surface area (Å²) in [6.45, 7) is 1.61. The molecular weight excluding hydrogens is 322 g/mol. The van der Waals surface area contributed by atoms with Crippen molar-refractivity contribution in [2.24, 2.45) is 0 Å². The van der Waals surface area contributed by atoms with Crippen LogP contribution in [0, 0.1) is 0 Å². The predicted octanol–water partition coefficient (Wildman–Crippen LogP) is 2.07. The highest BCUT2D eigenvalue weighted by Crippen LogP contribution is 2.30. The standard InChI is InChI=1S/C14H17N3O3S2/c1-9(18)20-7-13(19)16-6-2-3-10-4-5-12(22-10)11-8-21-14(15)17-11/h4-5,8H,2-3,6-7H2,1H3,(H2,15,17)(H,16,19). The molecule has 0 saturated heterocycles. The van der Waals surface area contributed by atoms with Crippen molar-refractivity contribution in [1.29, 1.82) is 0 Å². The van der Waals surface area contributed by atoms with Gasteiger partial charge in [-0.1, -0.05) is 0 Å². The number of amides is 1. The van der Waals surface area contributed by atoms with Crippen LogP contribution in [0.15, 0.2) is 17.5 Å². The van der Waals surface area contributed by atoms with Crippen molar-refractivity contribution in [3.63, 3.8) is 0 Å². The molecule has 2 aromatic rings. The van der Waals surface area contributed by atoms with Gasteiger partial charge in [-0.2, -0.15) is 0 Å². The van der Waals surface area contributed by atoms with Crippen LogP contribution in [0.4, 0.5) is 5.13 Å². The Morgan fingerprint density at radius 2 is 2.23 bits per heavy atom. The van der Waals surface area contributed by atoms with Crippen LogP contribution in [0.2, 0.25) is 0 Å². The number of aromatic nitrogens is 1. The highest BCUT2D eigenvalue weighted by atomic mass is 32.1. The lowest BCUT2D eigenvalue weighted by Gasteiger charge is -2.04. The number of rotatable bonds is 7. The topological polar surface area (TPSA) is 94.3 Å². The summed E-state index contributed by atoms with van der Waals surface area (Å²) in [6, 6.07) is 4.10. The van der Waals surface area contributed by atoms with Gasteiger partial charge in [0, 0.05) is 23.7 Å². The van der Waals surface area contributed by atoms with Crippen LogP contribution < -0.4 is 11.1 Å². The smallest absolute Gasteiger partial charge is 0.303 e. The minimum Gasteiger partial charge on any atom is -0.456 e. The number of nitrogens with two attached hydrogens (primary N) is 1. The molecule has 0 atom stereocenters. The Morgan fingerprint density at radius 1 is 1.41 bits per heavy atom. The third kappa shape index (κ3) is 5.12. The second kappa shape index (κ2) is 7.90. The normalized spacial score (nSPS) is 10.4. The van der Waals surface area contributed by atoms with Crippen LogP contribution in [-0.2, 0) is 20.7 Å². The van der Waals surface area contributed by atoms with E-state index in [-0.39, 0.29) is 12.5 Å². The Morgan fingerprint density at radius 3 is 2.91 bits per heavy atom. The monoisotopic (exact) mass is 339 g/mol. The van der Waals surface area contributed by atoms with Gasteiger partial charge in [0.2, 0.25) is 0 Å². The molecule has 22 heavy (non-hydrogen) atoms. The number of hydrogen-bond donors (Lipinski definition) is 2. The quantitative estimate of drug-likeness (QED) is 0.595. The Kier molecular flexibility index (Phi) is 5.91. The first-order valence-corrected chi connectivity index (χ1v) is 8.44. The summed E-state index contributed by atoms with van der Waals surface area (Å²) in [6.07, 6.45) is 1.70. The molecule has 0 fully saturated rings. The molecule has 2 aromatic heterocycles. The van der Waals surface area contributed by atoms with Crippen molar-refractivity contribution in [1.82, 2.24) is 10.3 Å². The van der Waals surface area contributed by atoms with E-state index in [9.17, 15) is 9.59 Å². The maximum atomic E-state index is 11.3. The molecule has 2 rings (SSSR count). The predicted molar refractivity (Wildman–Crippen MR) is 87.8 cm³/mol. The van der Waals surface area contributed by atoms with Gasteiger partial charge in [0.15, 0.2) is 11.7 Å². The number of hydrogen-bond acceptors (Lipinski definition) is 7. The first kappa shape index (κ1) is 16.4. The molecule has 0 aliphatic heterocycles. The molecule has 0 aliphatic carbocycles. The fourth-order valence-electron chi connectivity index (χ4n) is 1.76. The SMILES string of the molecule is CC(=O)OCC(=O)NCCCc1ccc(-c2csc(N)n2)s1. The maximum Gasteiger partial charge on any atom is 0.303 e. The molecule has 2 heterocycles. The first-order chi connectivity index (χ1) is 10.5. The molecule has 0 spiro atoms. The molecular formula is C14H17N3O3S2. The number of anilines is 1. The maximum absolute atomic E-state index is 11.3. The van der Waals surface area contributed by atoms with Crippen LogP contribution in [0.5, 0.6) is 0 Å². The zero-order valence-corrected chi connectivity index (χ0v) is 13.8. The lowest BCUT2D eigenvalue weighted by Crippen LogP contribution is -2.29. The van der Waals surface area contributed by atoms with Gasteiger partial charge in [0.05, 0.1) is 10.6 Å². The zero-order valence-electron chi connectivity index (χ0n) is 12.1. The number of ether oxygens (including phenoxy) is 1. The molecule has 0 aliphatic rings. The average molecular weight is 339 g/mol. The molecule has 3 N–H and O–H groups in total. The highest BCUT2D eigenvalue weighted by molar-refractivity contribution is 7.16. The van der Waals surface area contributed by atoms with Gasteiger partial charge < -0.3 is 15.8 Å². The van der Waals surface area contributed by atoms with Crippen molar-refractivity contribution in [3.8, 4) is 10.6 Å². The molecule has 0 saturated carbocycles. The summed E-state index contributed by atoms with van der Waals surface area (Å²) in [7, 11) is 0. The lowest BCUT2D eigenvalue weighted by atomic mass is 10.2. The van der Waals surface area contributed by atoms with Gasteiger partial charge in [-0.25, -0.2) is 4.98 Å². The Labute approximate surface area is 136 Å².